The van der Waals surface area contributed by atoms with Crippen LogP contribution in [0.5, 0.6) is 0 Å². The van der Waals surface area contributed by atoms with Gasteiger partial charge in [0.1, 0.15) is 5.70 Å². The first-order valence-corrected chi connectivity index (χ1v) is 5.77. The molecule has 0 radical (unpaired) electrons. The Morgan fingerprint density at radius 3 is 2.44 bits per heavy atom. The maximum absolute atomic E-state index is 11.5. The van der Waals surface area contributed by atoms with E-state index in [0.717, 1.165) is 10.5 Å². The van der Waals surface area contributed by atoms with E-state index in [4.69, 9.17) is 0 Å². The molecular weight excluding hydrogens is 302 g/mol. The number of hydrogen-bond acceptors (Lipinski definition) is 5. The second kappa shape index (κ2) is 6.80. The smallest absolute Gasteiger partial charge is 0.354 e. The van der Waals surface area contributed by atoms with Crippen molar-refractivity contribution in [3.63, 3.8) is 0 Å². The van der Waals surface area contributed by atoms with Crippen LogP contribution in [0.25, 0.3) is 0 Å². The molecule has 18 heavy (non-hydrogen) atoms. The molecule has 0 spiro atoms. The van der Waals surface area contributed by atoms with Crippen LogP contribution in [0.15, 0.2) is 40.5 Å². The van der Waals surface area contributed by atoms with Crippen molar-refractivity contribution in [2.75, 3.05) is 19.5 Å². The monoisotopic (exact) mass is 313 g/mol. The normalized spacial score (nSPS) is 10.7. The topological polar surface area (TPSA) is 64.6 Å². The van der Waals surface area contributed by atoms with Crippen molar-refractivity contribution >= 4 is 33.6 Å². The Balaban J connectivity index is 3.00. The van der Waals surface area contributed by atoms with E-state index in [0.29, 0.717) is 5.69 Å². The Hall–Kier alpha value is -1.82. The molecule has 1 rings (SSSR count). The molecule has 1 aromatic carbocycles. The highest BCUT2D eigenvalue weighted by molar-refractivity contribution is 9.10. The van der Waals surface area contributed by atoms with Crippen LogP contribution in [-0.2, 0) is 19.1 Å². The summed E-state index contributed by atoms with van der Waals surface area (Å²) in [5.74, 6) is -1.30. The minimum Gasteiger partial charge on any atom is -0.466 e. The summed E-state index contributed by atoms with van der Waals surface area (Å²) in [4.78, 5) is 22.7. The molecule has 0 fully saturated rings. The van der Waals surface area contributed by atoms with Gasteiger partial charge in [0.15, 0.2) is 0 Å². The van der Waals surface area contributed by atoms with Gasteiger partial charge in [-0.15, -0.1) is 0 Å². The van der Waals surface area contributed by atoms with E-state index in [9.17, 15) is 9.59 Å². The number of anilines is 1. The summed E-state index contributed by atoms with van der Waals surface area (Å²) in [6.45, 7) is 0. The van der Waals surface area contributed by atoms with Gasteiger partial charge >= 0.3 is 11.9 Å². The number of carbonyl (C=O) groups is 2. The van der Waals surface area contributed by atoms with Crippen molar-refractivity contribution in [3.05, 3.63) is 40.5 Å². The molecule has 0 aliphatic carbocycles. The quantitative estimate of drug-likeness (QED) is 0.681. The zero-order valence-electron chi connectivity index (χ0n) is 9.90. The summed E-state index contributed by atoms with van der Waals surface area (Å²) in [6, 6.07) is 7.17. The van der Waals surface area contributed by atoms with Gasteiger partial charge in [-0.2, -0.15) is 0 Å². The molecule has 0 atom stereocenters. The Kier molecular flexibility index (Phi) is 5.38. The van der Waals surface area contributed by atoms with Gasteiger partial charge in [-0.3, -0.25) is 0 Å². The van der Waals surface area contributed by atoms with Gasteiger partial charge in [-0.25, -0.2) is 9.59 Å². The largest absolute Gasteiger partial charge is 0.466 e. The first-order chi connectivity index (χ1) is 8.58. The van der Waals surface area contributed by atoms with Gasteiger partial charge < -0.3 is 14.8 Å². The molecule has 0 amide bonds. The molecule has 96 valence electrons. The van der Waals surface area contributed by atoms with Crippen molar-refractivity contribution in [1.29, 1.82) is 0 Å². The minimum absolute atomic E-state index is 0.00347. The molecule has 1 N–H and O–H groups in total. The molecule has 6 heteroatoms. The van der Waals surface area contributed by atoms with E-state index in [1.54, 1.807) is 18.2 Å². The van der Waals surface area contributed by atoms with Gasteiger partial charge in [0.05, 0.1) is 26.0 Å². The fourth-order valence-electron chi connectivity index (χ4n) is 1.14. The lowest BCUT2D eigenvalue weighted by Gasteiger charge is -2.10. The van der Waals surface area contributed by atoms with Crippen molar-refractivity contribution in [2.45, 2.75) is 0 Å². The third-order valence-electron chi connectivity index (χ3n) is 2.01. The van der Waals surface area contributed by atoms with E-state index < -0.39 is 11.9 Å². The number of benzene rings is 1. The lowest BCUT2D eigenvalue weighted by Crippen LogP contribution is -2.15. The maximum atomic E-state index is 11.5. The third kappa shape index (κ3) is 3.89. The van der Waals surface area contributed by atoms with Gasteiger partial charge in [0, 0.05) is 4.47 Å². The van der Waals surface area contributed by atoms with Crippen molar-refractivity contribution in [3.8, 4) is 0 Å². The Labute approximate surface area is 113 Å². The highest BCUT2D eigenvalue weighted by Crippen LogP contribution is 2.22. The molecule has 5 nitrogen and oxygen atoms in total. The summed E-state index contributed by atoms with van der Waals surface area (Å²) in [5, 5.41) is 2.80. The number of ether oxygens (including phenoxy) is 2. The highest BCUT2D eigenvalue weighted by atomic mass is 79.9. The van der Waals surface area contributed by atoms with Crippen LogP contribution in [0.3, 0.4) is 0 Å². The van der Waals surface area contributed by atoms with Gasteiger partial charge in [-0.05, 0) is 28.1 Å². The number of rotatable bonds is 4. The van der Waals surface area contributed by atoms with Crippen LogP contribution < -0.4 is 5.32 Å². The SMILES string of the molecule is COC(=O)/C=C(\Nc1ccccc1Br)C(=O)OC. The molecule has 0 unspecified atom stereocenters. The van der Waals surface area contributed by atoms with Gasteiger partial charge in [-0.1, -0.05) is 12.1 Å². The summed E-state index contributed by atoms with van der Waals surface area (Å²) < 4.78 is 9.80. The second-order valence-electron chi connectivity index (χ2n) is 3.18. The van der Waals surface area contributed by atoms with Crippen molar-refractivity contribution in [1.82, 2.24) is 0 Å². The van der Waals surface area contributed by atoms with Crippen LogP contribution in [0, 0.1) is 0 Å². The van der Waals surface area contributed by atoms with Gasteiger partial charge in [0.2, 0.25) is 0 Å². The van der Waals surface area contributed by atoms with E-state index >= 15 is 0 Å². The van der Waals surface area contributed by atoms with Crippen LogP contribution >= 0.6 is 15.9 Å². The number of halogens is 1. The molecule has 0 aliphatic heterocycles. The minimum atomic E-state index is -0.656. The average Bonchev–Trinajstić information content (AvgIpc) is 2.39. The molecule has 0 heterocycles. The number of esters is 2. The molecular formula is C12H12BrNO4. The fourth-order valence-corrected chi connectivity index (χ4v) is 1.52. The first-order valence-electron chi connectivity index (χ1n) is 4.98. The molecule has 0 aromatic heterocycles. The van der Waals surface area contributed by atoms with Crippen molar-refractivity contribution in [2.24, 2.45) is 0 Å². The van der Waals surface area contributed by atoms with Gasteiger partial charge in [0.25, 0.3) is 0 Å². The predicted molar refractivity (Wildman–Crippen MR) is 69.9 cm³/mol. The molecule has 0 bridgehead atoms. The number of carbonyl (C=O) groups excluding carboxylic acids is 2. The zero-order valence-corrected chi connectivity index (χ0v) is 11.5. The summed E-state index contributed by atoms with van der Waals surface area (Å²) in [5.41, 5.74) is 0.634. The molecule has 0 saturated carbocycles. The number of hydrogen-bond donors (Lipinski definition) is 1. The number of para-hydroxylation sites is 1. The summed E-state index contributed by atoms with van der Waals surface area (Å²) in [7, 11) is 2.46. The zero-order chi connectivity index (χ0) is 13.5. The average molecular weight is 314 g/mol. The van der Waals surface area contributed by atoms with Crippen molar-refractivity contribution < 1.29 is 19.1 Å². The van der Waals surface area contributed by atoms with E-state index in [1.807, 2.05) is 6.07 Å². The third-order valence-corrected chi connectivity index (χ3v) is 2.70. The van der Waals surface area contributed by atoms with E-state index in [-0.39, 0.29) is 5.70 Å². The van der Waals surface area contributed by atoms with Crippen LogP contribution in [-0.4, -0.2) is 26.2 Å². The second-order valence-corrected chi connectivity index (χ2v) is 4.03. The van der Waals surface area contributed by atoms with Crippen LogP contribution in [0.4, 0.5) is 5.69 Å². The molecule has 0 saturated heterocycles. The van der Waals surface area contributed by atoms with E-state index in [2.05, 4.69) is 30.7 Å². The lowest BCUT2D eigenvalue weighted by atomic mass is 10.3. The lowest BCUT2D eigenvalue weighted by molar-refractivity contribution is -0.138. The molecule has 1 aromatic rings. The standard InChI is InChI=1S/C12H12BrNO4/c1-17-11(15)7-10(12(16)18-2)14-9-6-4-3-5-8(9)13/h3-7,14H,1-2H3/b10-7-. The molecule has 0 aliphatic rings. The number of methoxy groups -OCH3 is 2. The maximum Gasteiger partial charge on any atom is 0.354 e. The Morgan fingerprint density at radius 2 is 1.89 bits per heavy atom. The van der Waals surface area contributed by atoms with Crippen LogP contribution in [0.2, 0.25) is 0 Å². The first kappa shape index (κ1) is 14.2. The number of nitrogens with one attached hydrogen (secondary N) is 1. The summed E-state index contributed by atoms with van der Waals surface area (Å²) >= 11 is 3.32. The Bertz CT molecular complexity index is 485. The fraction of sp³-hybridized carbons (Fsp3) is 0.167. The summed E-state index contributed by atoms with van der Waals surface area (Å²) in [6.07, 6.45) is 1.03. The predicted octanol–water partition coefficient (Wildman–Crippen LogP) is 2.09. The highest BCUT2D eigenvalue weighted by Gasteiger charge is 2.13. The Morgan fingerprint density at radius 1 is 1.22 bits per heavy atom. The van der Waals surface area contributed by atoms with E-state index in [1.165, 1.54) is 14.2 Å². The van der Waals surface area contributed by atoms with Crippen LogP contribution in [0.1, 0.15) is 0 Å².